The Morgan fingerprint density at radius 3 is 2.74 bits per heavy atom. The van der Waals surface area contributed by atoms with Gasteiger partial charge in [0.25, 0.3) is 0 Å². The first-order valence-corrected chi connectivity index (χ1v) is 9.06. The Hall–Kier alpha value is -1.96. The number of halogens is 1. The van der Waals surface area contributed by atoms with Crippen LogP contribution in [0.5, 0.6) is 0 Å². The van der Waals surface area contributed by atoms with Crippen LogP contribution in [0.3, 0.4) is 0 Å². The number of nitrogens with zero attached hydrogens (tertiary/aromatic N) is 1. The fourth-order valence-corrected chi connectivity index (χ4v) is 4.25. The maximum Gasteiger partial charge on any atom is 0.241 e. The average Bonchev–Trinajstić information content (AvgIpc) is 2.84. The molecule has 0 aliphatic carbocycles. The van der Waals surface area contributed by atoms with Gasteiger partial charge in [0.1, 0.15) is 5.82 Å². The van der Waals surface area contributed by atoms with Crippen molar-refractivity contribution in [3.63, 3.8) is 0 Å². The maximum atomic E-state index is 13.0. The van der Waals surface area contributed by atoms with Crippen LogP contribution >= 0.6 is 0 Å². The van der Waals surface area contributed by atoms with Gasteiger partial charge >= 0.3 is 0 Å². The number of hydrogen-bond acceptors (Lipinski definition) is 4. The third-order valence-corrected chi connectivity index (χ3v) is 5.59. The normalized spacial score (nSPS) is 19.3. The molecule has 1 fully saturated rings. The molecule has 0 bridgehead atoms. The predicted molar refractivity (Wildman–Crippen MR) is 82.9 cm³/mol. The van der Waals surface area contributed by atoms with E-state index in [2.05, 4.69) is 5.32 Å². The summed E-state index contributed by atoms with van der Waals surface area (Å²) in [5.74, 6) is -1.11. The smallest absolute Gasteiger partial charge is 0.241 e. The van der Waals surface area contributed by atoms with Gasteiger partial charge in [0.05, 0.1) is 24.5 Å². The van der Waals surface area contributed by atoms with Crippen molar-refractivity contribution in [3.8, 4) is 0 Å². The Labute approximate surface area is 134 Å². The van der Waals surface area contributed by atoms with Crippen LogP contribution in [0, 0.1) is 5.82 Å². The summed E-state index contributed by atoms with van der Waals surface area (Å²) in [6.45, 7) is -0.207. The quantitative estimate of drug-likeness (QED) is 0.824. The first kappa shape index (κ1) is 17.4. The van der Waals surface area contributed by atoms with E-state index in [1.165, 1.54) is 30.1 Å². The number of carbonyl (C=O) groups excluding carboxylic acids is 2. The Morgan fingerprint density at radius 2 is 2.13 bits per heavy atom. The van der Waals surface area contributed by atoms with E-state index in [0.29, 0.717) is 12.0 Å². The zero-order valence-corrected chi connectivity index (χ0v) is 13.6. The Bertz CT molecular complexity index is 705. The molecule has 0 radical (unpaired) electrons. The molecule has 1 saturated heterocycles. The molecule has 1 aliphatic heterocycles. The summed E-state index contributed by atoms with van der Waals surface area (Å²) in [4.78, 5) is 25.2. The largest absolute Gasteiger partial charge is 0.347 e. The number of amides is 2. The number of sulfone groups is 1. The Balaban J connectivity index is 1.80. The van der Waals surface area contributed by atoms with E-state index in [0.717, 1.165) is 0 Å². The van der Waals surface area contributed by atoms with E-state index < -0.39 is 21.6 Å². The third-order valence-electron chi connectivity index (χ3n) is 3.84. The number of hydrogen-bond donors (Lipinski definition) is 1. The topological polar surface area (TPSA) is 83.6 Å². The fourth-order valence-electron chi connectivity index (χ4n) is 2.48. The van der Waals surface area contributed by atoms with Crippen LogP contribution in [-0.4, -0.2) is 56.3 Å². The van der Waals surface area contributed by atoms with Gasteiger partial charge in [-0.1, -0.05) is 12.1 Å². The van der Waals surface area contributed by atoms with Crippen LogP contribution in [-0.2, 0) is 25.8 Å². The number of benzene rings is 1. The second-order valence-electron chi connectivity index (χ2n) is 5.64. The minimum absolute atomic E-state index is 0.0213. The van der Waals surface area contributed by atoms with Crippen molar-refractivity contribution in [1.82, 2.24) is 10.2 Å². The van der Waals surface area contributed by atoms with Crippen molar-refractivity contribution in [2.45, 2.75) is 18.9 Å². The van der Waals surface area contributed by atoms with E-state index in [-0.39, 0.29) is 36.4 Å². The number of likely N-dealkylation sites (N-methyl/N-ethyl adjacent to an activating group) is 1. The molecule has 2 rings (SSSR count). The lowest BCUT2D eigenvalue weighted by Gasteiger charge is -2.23. The van der Waals surface area contributed by atoms with Crippen molar-refractivity contribution < 1.29 is 22.4 Å². The van der Waals surface area contributed by atoms with Crippen LogP contribution in [0.2, 0.25) is 0 Å². The van der Waals surface area contributed by atoms with Crippen molar-refractivity contribution in [2.75, 3.05) is 25.1 Å². The third kappa shape index (κ3) is 5.02. The van der Waals surface area contributed by atoms with Crippen LogP contribution < -0.4 is 5.32 Å². The molecule has 1 N–H and O–H groups in total. The lowest BCUT2D eigenvalue weighted by molar-refractivity contribution is -0.133. The van der Waals surface area contributed by atoms with Gasteiger partial charge < -0.3 is 10.2 Å². The lowest BCUT2D eigenvalue weighted by Crippen LogP contribution is -2.44. The van der Waals surface area contributed by atoms with E-state index in [1.807, 2.05) is 0 Å². The summed E-state index contributed by atoms with van der Waals surface area (Å²) in [6, 6.07) is 5.34. The predicted octanol–water partition coefficient (Wildman–Crippen LogP) is 0.130. The number of nitrogens with one attached hydrogen (secondary N) is 1. The SMILES string of the molecule is CN(C(=O)CNC(=O)Cc1cccc(F)c1)C1CCS(=O)(=O)C1. The molecule has 1 unspecified atom stereocenters. The van der Waals surface area contributed by atoms with Crippen molar-refractivity contribution >= 4 is 21.7 Å². The minimum atomic E-state index is -3.07. The molecule has 1 aromatic rings. The van der Waals surface area contributed by atoms with Crippen LogP contribution in [0.15, 0.2) is 24.3 Å². The van der Waals surface area contributed by atoms with Gasteiger partial charge in [0.15, 0.2) is 9.84 Å². The highest BCUT2D eigenvalue weighted by molar-refractivity contribution is 7.91. The summed E-state index contributed by atoms with van der Waals surface area (Å²) < 4.78 is 35.9. The van der Waals surface area contributed by atoms with Crippen LogP contribution in [0.4, 0.5) is 4.39 Å². The average molecular weight is 342 g/mol. The molecule has 8 heteroatoms. The summed E-state index contributed by atoms with van der Waals surface area (Å²) in [7, 11) is -1.53. The minimum Gasteiger partial charge on any atom is -0.347 e. The highest BCUT2D eigenvalue weighted by atomic mass is 32.2. The van der Waals surface area contributed by atoms with Crippen molar-refractivity contribution in [3.05, 3.63) is 35.6 Å². The van der Waals surface area contributed by atoms with Gasteiger partial charge in [0.2, 0.25) is 11.8 Å². The molecular formula is C15H19FN2O4S. The van der Waals surface area contributed by atoms with Crippen LogP contribution in [0.25, 0.3) is 0 Å². The first-order chi connectivity index (χ1) is 10.8. The number of rotatable bonds is 5. The van der Waals surface area contributed by atoms with Gasteiger partial charge in [-0.2, -0.15) is 0 Å². The molecular weight excluding hydrogens is 323 g/mol. The highest BCUT2D eigenvalue weighted by Gasteiger charge is 2.32. The molecule has 23 heavy (non-hydrogen) atoms. The van der Waals surface area contributed by atoms with E-state index >= 15 is 0 Å². The summed E-state index contributed by atoms with van der Waals surface area (Å²) in [6.07, 6.45) is 0.397. The van der Waals surface area contributed by atoms with E-state index in [1.54, 1.807) is 6.07 Å². The second-order valence-corrected chi connectivity index (χ2v) is 7.87. The van der Waals surface area contributed by atoms with Gasteiger partial charge in [-0.15, -0.1) is 0 Å². The molecule has 1 aromatic carbocycles. The zero-order valence-electron chi connectivity index (χ0n) is 12.8. The lowest BCUT2D eigenvalue weighted by atomic mass is 10.1. The summed E-state index contributed by atoms with van der Waals surface area (Å²) >= 11 is 0. The second kappa shape index (κ2) is 7.08. The van der Waals surface area contributed by atoms with Gasteiger partial charge in [-0.25, -0.2) is 12.8 Å². The molecule has 0 aromatic heterocycles. The van der Waals surface area contributed by atoms with Gasteiger partial charge in [0, 0.05) is 13.1 Å². The molecule has 0 saturated carbocycles. The summed E-state index contributed by atoms with van der Waals surface area (Å²) in [5, 5.41) is 2.47. The molecule has 126 valence electrons. The van der Waals surface area contributed by atoms with E-state index in [9.17, 15) is 22.4 Å². The van der Waals surface area contributed by atoms with Crippen molar-refractivity contribution in [2.24, 2.45) is 0 Å². The van der Waals surface area contributed by atoms with Gasteiger partial charge in [-0.05, 0) is 24.1 Å². The Morgan fingerprint density at radius 1 is 1.39 bits per heavy atom. The highest BCUT2D eigenvalue weighted by Crippen LogP contribution is 2.16. The molecule has 2 amide bonds. The fraction of sp³-hybridized carbons (Fsp3) is 0.467. The monoisotopic (exact) mass is 342 g/mol. The molecule has 1 aliphatic rings. The van der Waals surface area contributed by atoms with Gasteiger partial charge in [-0.3, -0.25) is 9.59 Å². The zero-order chi connectivity index (χ0) is 17.0. The molecule has 1 atom stereocenters. The van der Waals surface area contributed by atoms with Crippen LogP contribution in [0.1, 0.15) is 12.0 Å². The molecule has 6 nitrogen and oxygen atoms in total. The molecule has 1 heterocycles. The Kier molecular flexibility index (Phi) is 5.35. The number of carbonyl (C=O) groups is 2. The van der Waals surface area contributed by atoms with Crippen molar-refractivity contribution in [1.29, 1.82) is 0 Å². The van der Waals surface area contributed by atoms with E-state index in [4.69, 9.17) is 0 Å². The summed E-state index contributed by atoms with van der Waals surface area (Å²) in [5.41, 5.74) is 0.519. The molecule has 0 spiro atoms. The standard InChI is InChI=1S/C15H19FN2O4S/c1-18(13-5-6-23(21,22)10-13)15(20)9-17-14(19)8-11-3-2-4-12(16)7-11/h2-4,7,13H,5-6,8-10H2,1H3,(H,17,19). The maximum absolute atomic E-state index is 13.0. The first-order valence-electron chi connectivity index (χ1n) is 7.24.